The van der Waals surface area contributed by atoms with E-state index >= 15 is 0 Å². The first-order chi connectivity index (χ1) is 11.6. The molecule has 9 nitrogen and oxygen atoms in total. The van der Waals surface area contributed by atoms with E-state index in [1.807, 2.05) is 0 Å². The van der Waals surface area contributed by atoms with Gasteiger partial charge in [0.15, 0.2) is 0 Å². The summed E-state index contributed by atoms with van der Waals surface area (Å²) < 4.78 is 6.56. The van der Waals surface area contributed by atoms with Gasteiger partial charge in [-0.1, -0.05) is 11.2 Å². The first kappa shape index (κ1) is 15.4. The number of hydrogen-bond donors (Lipinski definition) is 1. The zero-order valence-electron chi connectivity index (χ0n) is 13.0. The largest absolute Gasteiger partial charge is 0.497 e. The summed E-state index contributed by atoms with van der Waals surface area (Å²) >= 11 is 0. The molecule has 0 bridgehead atoms. The van der Waals surface area contributed by atoms with Crippen LogP contribution in [0.4, 0.5) is 17.3 Å². The van der Waals surface area contributed by atoms with E-state index in [1.165, 1.54) is 10.7 Å². The highest BCUT2D eigenvalue weighted by atomic mass is 16.6. The van der Waals surface area contributed by atoms with Gasteiger partial charge in [-0.15, -0.1) is 0 Å². The third-order valence-corrected chi connectivity index (χ3v) is 3.38. The fourth-order valence-electron chi connectivity index (χ4n) is 2.18. The minimum atomic E-state index is -0.448. The van der Waals surface area contributed by atoms with E-state index in [-0.39, 0.29) is 11.6 Å². The molecule has 24 heavy (non-hydrogen) atoms. The van der Waals surface area contributed by atoms with Crippen LogP contribution in [0.15, 0.2) is 42.5 Å². The zero-order valence-corrected chi connectivity index (χ0v) is 13.0. The summed E-state index contributed by atoms with van der Waals surface area (Å²) in [7, 11) is 1.58. The van der Waals surface area contributed by atoms with Crippen LogP contribution in [0.25, 0.3) is 5.69 Å². The van der Waals surface area contributed by atoms with Crippen molar-refractivity contribution in [2.45, 2.75) is 6.92 Å². The van der Waals surface area contributed by atoms with Crippen molar-refractivity contribution in [2.24, 2.45) is 0 Å². The van der Waals surface area contributed by atoms with Gasteiger partial charge in [-0.3, -0.25) is 10.1 Å². The average molecular weight is 326 g/mol. The minimum Gasteiger partial charge on any atom is -0.497 e. The van der Waals surface area contributed by atoms with Crippen LogP contribution in [0.1, 0.15) is 5.56 Å². The lowest BCUT2D eigenvalue weighted by Gasteiger charge is -2.08. The number of aromatic nitrogens is 4. The molecular weight excluding hydrogens is 312 g/mol. The SMILES string of the molecule is COc1ccc(-n2nnnc2Nc2ccc(C)cc2[N+](=O)[O-])cc1. The van der Waals surface area contributed by atoms with Gasteiger partial charge in [-0.05, 0) is 53.2 Å². The number of nitro groups is 1. The lowest BCUT2D eigenvalue weighted by Crippen LogP contribution is -2.05. The summed E-state index contributed by atoms with van der Waals surface area (Å²) in [5.74, 6) is 0.975. The number of nitrogens with zero attached hydrogens (tertiary/aromatic N) is 5. The molecule has 0 aliphatic carbocycles. The van der Waals surface area contributed by atoms with Gasteiger partial charge in [-0.2, -0.15) is 4.68 Å². The molecule has 0 saturated heterocycles. The Bertz CT molecular complexity index is 875. The number of anilines is 2. The molecular formula is C15H14N6O3. The van der Waals surface area contributed by atoms with Gasteiger partial charge in [0.1, 0.15) is 11.4 Å². The number of aryl methyl sites for hydroxylation is 1. The molecule has 0 fully saturated rings. The van der Waals surface area contributed by atoms with Gasteiger partial charge >= 0.3 is 0 Å². The highest BCUT2D eigenvalue weighted by Gasteiger charge is 2.17. The molecule has 3 aromatic rings. The second-order valence-electron chi connectivity index (χ2n) is 5.02. The Labute approximate surface area is 137 Å². The summed E-state index contributed by atoms with van der Waals surface area (Å²) in [5.41, 5.74) is 1.76. The summed E-state index contributed by atoms with van der Waals surface area (Å²) in [6.45, 7) is 1.79. The Morgan fingerprint density at radius 3 is 2.62 bits per heavy atom. The predicted molar refractivity (Wildman–Crippen MR) is 86.8 cm³/mol. The fraction of sp³-hybridized carbons (Fsp3) is 0.133. The van der Waals surface area contributed by atoms with Gasteiger partial charge < -0.3 is 10.1 Å². The van der Waals surface area contributed by atoms with Crippen LogP contribution in [0.3, 0.4) is 0 Å². The Hall–Kier alpha value is -3.49. The first-order valence-electron chi connectivity index (χ1n) is 7.03. The monoisotopic (exact) mass is 326 g/mol. The lowest BCUT2D eigenvalue weighted by atomic mass is 10.2. The van der Waals surface area contributed by atoms with Crippen molar-refractivity contribution >= 4 is 17.3 Å². The van der Waals surface area contributed by atoms with Gasteiger partial charge in [-0.25, -0.2) is 0 Å². The van der Waals surface area contributed by atoms with Crippen LogP contribution in [-0.4, -0.2) is 32.2 Å². The third kappa shape index (κ3) is 3.00. The van der Waals surface area contributed by atoms with Crippen molar-refractivity contribution in [1.82, 2.24) is 20.2 Å². The topological polar surface area (TPSA) is 108 Å². The molecule has 3 rings (SSSR count). The maximum atomic E-state index is 11.2. The van der Waals surface area contributed by atoms with Gasteiger partial charge in [0, 0.05) is 6.07 Å². The first-order valence-corrected chi connectivity index (χ1v) is 7.03. The maximum Gasteiger partial charge on any atom is 0.293 e. The summed E-state index contributed by atoms with van der Waals surface area (Å²) in [6, 6.07) is 12.0. The highest BCUT2D eigenvalue weighted by Crippen LogP contribution is 2.28. The molecule has 0 unspecified atom stereocenters. The smallest absolute Gasteiger partial charge is 0.293 e. The Morgan fingerprint density at radius 2 is 1.96 bits per heavy atom. The van der Waals surface area contributed by atoms with Crippen LogP contribution in [-0.2, 0) is 0 Å². The number of rotatable bonds is 5. The van der Waals surface area contributed by atoms with E-state index in [4.69, 9.17) is 4.74 Å². The molecule has 1 heterocycles. The van der Waals surface area contributed by atoms with E-state index in [2.05, 4.69) is 20.8 Å². The fourth-order valence-corrected chi connectivity index (χ4v) is 2.18. The van der Waals surface area contributed by atoms with Crippen molar-refractivity contribution in [3.8, 4) is 11.4 Å². The van der Waals surface area contributed by atoms with E-state index in [0.29, 0.717) is 17.1 Å². The minimum absolute atomic E-state index is 0.0423. The van der Waals surface area contributed by atoms with Gasteiger partial charge in [0.05, 0.1) is 17.7 Å². The van der Waals surface area contributed by atoms with E-state index in [1.54, 1.807) is 50.4 Å². The summed E-state index contributed by atoms with van der Waals surface area (Å²) in [5, 5.41) is 25.6. The molecule has 0 radical (unpaired) electrons. The molecule has 0 saturated carbocycles. The van der Waals surface area contributed by atoms with Crippen molar-refractivity contribution in [2.75, 3.05) is 12.4 Å². The van der Waals surface area contributed by atoms with Crippen LogP contribution < -0.4 is 10.1 Å². The summed E-state index contributed by atoms with van der Waals surface area (Å²) in [4.78, 5) is 10.8. The molecule has 0 atom stereocenters. The second kappa shape index (κ2) is 6.32. The van der Waals surface area contributed by atoms with Gasteiger partial charge in [0.25, 0.3) is 11.6 Å². The maximum absolute atomic E-state index is 11.2. The number of hydrogen-bond acceptors (Lipinski definition) is 7. The Morgan fingerprint density at radius 1 is 1.21 bits per heavy atom. The number of nitro benzene ring substituents is 1. The molecule has 2 aromatic carbocycles. The number of tetrazole rings is 1. The van der Waals surface area contributed by atoms with Crippen LogP contribution in [0, 0.1) is 17.0 Å². The number of nitrogens with one attached hydrogen (secondary N) is 1. The Balaban J connectivity index is 1.95. The second-order valence-corrected chi connectivity index (χ2v) is 5.02. The van der Waals surface area contributed by atoms with Crippen LogP contribution in [0.5, 0.6) is 5.75 Å². The van der Waals surface area contributed by atoms with Crippen LogP contribution in [0.2, 0.25) is 0 Å². The Kier molecular flexibility index (Phi) is 4.06. The quantitative estimate of drug-likeness (QED) is 0.567. The molecule has 0 aliphatic rings. The number of benzene rings is 2. The number of methoxy groups -OCH3 is 1. The van der Waals surface area contributed by atoms with Crippen LogP contribution >= 0.6 is 0 Å². The molecule has 0 aliphatic heterocycles. The molecule has 0 spiro atoms. The molecule has 0 amide bonds. The highest BCUT2D eigenvalue weighted by molar-refractivity contribution is 5.67. The van der Waals surface area contributed by atoms with E-state index in [0.717, 1.165) is 5.56 Å². The van der Waals surface area contributed by atoms with Crippen molar-refractivity contribution in [3.05, 3.63) is 58.1 Å². The van der Waals surface area contributed by atoms with Crippen molar-refractivity contribution < 1.29 is 9.66 Å². The van der Waals surface area contributed by atoms with Crippen molar-refractivity contribution in [3.63, 3.8) is 0 Å². The molecule has 1 N–H and O–H groups in total. The standard InChI is InChI=1S/C15H14N6O3/c1-10-3-8-13(14(9-10)21(22)23)16-15-17-18-19-20(15)11-4-6-12(24-2)7-5-11/h3-9H,1-2H3,(H,16,17,19). The predicted octanol–water partition coefficient (Wildman–Crippen LogP) is 2.63. The number of ether oxygens (including phenoxy) is 1. The summed E-state index contributed by atoms with van der Waals surface area (Å²) in [6.07, 6.45) is 0. The van der Waals surface area contributed by atoms with Gasteiger partial charge in [0.2, 0.25) is 0 Å². The third-order valence-electron chi connectivity index (χ3n) is 3.38. The average Bonchev–Trinajstić information content (AvgIpc) is 3.04. The molecule has 1 aromatic heterocycles. The zero-order chi connectivity index (χ0) is 17.1. The van der Waals surface area contributed by atoms with E-state index < -0.39 is 4.92 Å². The van der Waals surface area contributed by atoms with Crippen molar-refractivity contribution in [1.29, 1.82) is 0 Å². The lowest BCUT2D eigenvalue weighted by molar-refractivity contribution is -0.384. The van der Waals surface area contributed by atoms with E-state index in [9.17, 15) is 10.1 Å². The molecule has 122 valence electrons. The normalized spacial score (nSPS) is 10.4. The molecule has 9 heteroatoms.